The Morgan fingerprint density at radius 1 is 1.29 bits per heavy atom. The van der Waals surface area contributed by atoms with Gasteiger partial charge < -0.3 is 10.4 Å². The van der Waals surface area contributed by atoms with Crippen molar-refractivity contribution in [1.82, 2.24) is 5.32 Å². The zero-order valence-electron chi connectivity index (χ0n) is 10.6. The van der Waals surface area contributed by atoms with E-state index in [4.69, 9.17) is 0 Å². The van der Waals surface area contributed by atoms with Crippen molar-refractivity contribution in [1.29, 1.82) is 0 Å². The van der Waals surface area contributed by atoms with Crippen molar-refractivity contribution in [2.75, 3.05) is 6.61 Å². The van der Waals surface area contributed by atoms with Crippen molar-refractivity contribution < 1.29 is 5.11 Å². The lowest BCUT2D eigenvalue weighted by atomic mass is 10.1. The fraction of sp³-hybridized carbons (Fsp3) is 0.714. The Morgan fingerprint density at radius 2 is 2.00 bits per heavy atom. The minimum absolute atomic E-state index is 0.136. The van der Waals surface area contributed by atoms with Crippen LogP contribution in [0.4, 0.5) is 0 Å². The van der Waals surface area contributed by atoms with E-state index in [-0.39, 0.29) is 12.6 Å². The Morgan fingerprint density at radius 3 is 2.53 bits per heavy atom. The minimum Gasteiger partial charge on any atom is -0.394 e. The Balaban J connectivity index is 1.94. The second-order valence-electron chi connectivity index (χ2n) is 5.04. The zero-order valence-corrected chi connectivity index (χ0v) is 11.4. The number of rotatable bonds is 4. The first kappa shape index (κ1) is 13.1. The molecule has 0 radical (unpaired) electrons. The smallest absolute Gasteiger partial charge is 0.0652 e. The summed E-state index contributed by atoms with van der Waals surface area (Å²) < 4.78 is 0. The van der Waals surface area contributed by atoms with E-state index in [1.807, 2.05) is 0 Å². The van der Waals surface area contributed by atoms with Crippen molar-refractivity contribution in [3.63, 3.8) is 0 Å². The number of hydrogen-bond acceptors (Lipinski definition) is 3. The molecule has 0 bridgehead atoms. The molecule has 1 fully saturated rings. The number of thiophene rings is 1. The van der Waals surface area contributed by atoms with Crippen LogP contribution in [0, 0.1) is 6.92 Å². The summed E-state index contributed by atoms with van der Waals surface area (Å²) in [7, 11) is 0. The maximum absolute atomic E-state index is 9.53. The highest BCUT2D eigenvalue weighted by atomic mass is 32.1. The van der Waals surface area contributed by atoms with Gasteiger partial charge in [-0.2, -0.15) is 0 Å². The van der Waals surface area contributed by atoms with Gasteiger partial charge in [-0.3, -0.25) is 0 Å². The van der Waals surface area contributed by atoms with Crippen LogP contribution in [-0.4, -0.2) is 17.8 Å². The van der Waals surface area contributed by atoms with Crippen molar-refractivity contribution in [2.24, 2.45) is 0 Å². The molecule has 0 spiro atoms. The van der Waals surface area contributed by atoms with Crippen molar-refractivity contribution in [3.8, 4) is 0 Å². The Labute approximate surface area is 108 Å². The zero-order chi connectivity index (χ0) is 12.1. The summed E-state index contributed by atoms with van der Waals surface area (Å²) in [5.41, 5.74) is 0. The first-order valence-electron chi connectivity index (χ1n) is 6.73. The van der Waals surface area contributed by atoms with Gasteiger partial charge in [0.15, 0.2) is 0 Å². The van der Waals surface area contributed by atoms with Gasteiger partial charge in [0.25, 0.3) is 0 Å². The average Bonchev–Trinajstić information content (AvgIpc) is 2.62. The molecule has 0 aromatic carbocycles. The van der Waals surface area contributed by atoms with Crippen LogP contribution in [0.5, 0.6) is 0 Å². The molecule has 1 aliphatic rings. The van der Waals surface area contributed by atoms with Crippen LogP contribution in [0.25, 0.3) is 0 Å². The van der Waals surface area contributed by atoms with Gasteiger partial charge in [0.1, 0.15) is 0 Å². The lowest BCUT2D eigenvalue weighted by Gasteiger charge is -2.22. The van der Waals surface area contributed by atoms with Crippen LogP contribution in [0.15, 0.2) is 12.1 Å². The Kier molecular flexibility index (Phi) is 5.01. The van der Waals surface area contributed by atoms with E-state index in [0.717, 1.165) is 0 Å². The maximum atomic E-state index is 9.53. The molecule has 2 rings (SSSR count). The van der Waals surface area contributed by atoms with Crippen LogP contribution in [0.1, 0.15) is 54.3 Å². The molecular weight excluding hydrogens is 230 g/mol. The molecule has 1 aliphatic carbocycles. The fourth-order valence-corrected chi connectivity index (χ4v) is 3.52. The number of hydrogen-bond donors (Lipinski definition) is 2. The van der Waals surface area contributed by atoms with Gasteiger partial charge in [-0.1, -0.05) is 25.7 Å². The first-order chi connectivity index (χ1) is 8.29. The van der Waals surface area contributed by atoms with Gasteiger partial charge in [0, 0.05) is 15.8 Å². The monoisotopic (exact) mass is 253 g/mol. The highest BCUT2D eigenvalue weighted by Gasteiger charge is 2.18. The Bertz CT molecular complexity index is 329. The van der Waals surface area contributed by atoms with E-state index in [1.54, 1.807) is 11.3 Å². The predicted octanol–water partition coefficient (Wildman–Crippen LogP) is 3.40. The van der Waals surface area contributed by atoms with Gasteiger partial charge in [-0.05, 0) is 31.9 Å². The van der Waals surface area contributed by atoms with E-state index in [0.29, 0.717) is 6.04 Å². The van der Waals surface area contributed by atoms with E-state index >= 15 is 0 Å². The fourth-order valence-electron chi connectivity index (χ4n) is 2.60. The number of aliphatic hydroxyl groups excluding tert-OH is 1. The van der Waals surface area contributed by atoms with Crippen molar-refractivity contribution in [3.05, 3.63) is 21.9 Å². The predicted molar refractivity (Wildman–Crippen MR) is 73.5 cm³/mol. The molecule has 1 aromatic heterocycles. The third-order valence-electron chi connectivity index (χ3n) is 3.58. The molecule has 2 nitrogen and oxygen atoms in total. The average molecular weight is 253 g/mol. The van der Waals surface area contributed by atoms with Gasteiger partial charge in [-0.15, -0.1) is 11.3 Å². The van der Waals surface area contributed by atoms with Gasteiger partial charge in [0.2, 0.25) is 0 Å². The molecule has 1 unspecified atom stereocenters. The topological polar surface area (TPSA) is 32.3 Å². The summed E-state index contributed by atoms with van der Waals surface area (Å²) in [4.78, 5) is 2.59. The maximum Gasteiger partial charge on any atom is 0.0652 e. The first-order valence-corrected chi connectivity index (χ1v) is 7.54. The van der Waals surface area contributed by atoms with Crippen LogP contribution < -0.4 is 5.32 Å². The summed E-state index contributed by atoms with van der Waals surface area (Å²) in [6, 6.07) is 5.01. The lowest BCUT2D eigenvalue weighted by molar-refractivity contribution is 0.230. The number of nitrogens with one attached hydrogen (secondary N) is 1. The summed E-state index contributed by atoms with van der Waals surface area (Å²) in [6.45, 7) is 2.32. The van der Waals surface area contributed by atoms with Crippen molar-refractivity contribution >= 4 is 11.3 Å². The van der Waals surface area contributed by atoms with E-state index in [2.05, 4.69) is 24.4 Å². The van der Waals surface area contributed by atoms with E-state index < -0.39 is 0 Å². The third-order valence-corrected chi connectivity index (χ3v) is 4.69. The van der Waals surface area contributed by atoms with Crippen molar-refractivity contribution in [2.45, 2.75) is 57.5 Å². The molecule has 3 heteroatoms. The number of aryl methyl sites for hydroxylation is 1. The summed E-state index contributed by atoms with van der Waals surface area (Å²) in [5.74, 6) is 0. The number of aliphatic hydroxyl groups is 1. The van der Waals surface area contributed by atoms with E-state index in [9.17, 15) is 5.11 Å². The molecule has 0 amide bonds. The lowest BCUT2D eigenvalue weighted by Crippen LogP contribution is -2.33. The summed E-state index contributed by atoms with van der Waals surface area (Å²) in [6.07, 6.45) is 7.94. The van der Waals surface area contributed by atoms with E-state index in [1.165, 1.54) is 48.3 Å². The molecule has 0 saturated heterocycles. The molecule has 1 aromatic rings. The molecule has 1 saturated carbocycles. The van der Waals surface area contributed by atoms with Gasteiger partial charge >= 0.3 is 0 Å². The van der Waals surface area contributed by atoms with Crippen LogP contribution in [0.3, 0.4) is 0 Å². The van der Waals surface area contributed by atoms with Crippen LogP contribution >= 0.6 is 11.3 Å². The summed E-state index contributed by atoms with van der Waals surface area (Å²) >= 11 is 1.79. The largest absolute Gasteiger partial charge is 0.394 e. The van der Waals surface area contributed by atoms with Crippen LogP contribution in [0.2, 0.25) is 0 Å². The standard InChI is InChI=1S/C14H23NOS/c1-11-8-9-14(17-11)13(10-16)15-12-6-4-2-3-5-7-12/h8-9,12-13,15-16H,2-7,10H2,1H3. The Hall–Kier alpha value is -0.380. The normalized spacial score (nSPS) is 20.1. The molecule has 96 valence electrons. The summed E-state index contributed by atoms with van der Waals surface area (Å²) in [5, 5.41) is 13.2. The third kappa shape index (κ3) is 3.80. The highest BCUT2D eigenvalue weighted by molar-refractivity contribution is 7.12. The second kappa shape index (κ2) is 6.53. The molecule has 2 N–H and O–H groups in total. The molecule has 1 heterocycles. The molecule has 1 atom stereocenters. The second-order valence-corrected chi connectivity index (χ2v) is 6.36. The highest BCUT2D eigenvalue weighted by Crippen LogP contribution is 2.25. The quantitative estimate of drug-likeness (QED) is 0.806. The molecular formula is C14H23NOS. The van der Waals surface area contributed by atoms with Gasteiger partial charge in [0.05, 0.1) is 12.6 Å². The van der Waals surface area contributed by atoms with Gasteiger partial charge in [-0.25, -0.2) is 0 Å². The SMILES string of the molecule is Cc1ccc(C(CO)NC2CCCCCC2)s1. The minimum atomic E-state index is 0.136. The van der Waals surface area contributed by atoms with Crippen LogP contribution in [-0.2, 0) is 0 Å². The molecule has 17 heavy (non-hydrogen) atoms. The molecule has 0 aliphatic heterocycles.